The molecule has 1 aromatic carbocycles. The van der Waals surface area contributed by atoms with E-state index < -0.39 is 8.07 Å². The molecule has 1 heteroatoms. The Labute approximate surface area is 200 Å². The summed E-state index contributed by atoms with van der Waals surface area (Å²) in [5.41, 5.74) is 1.72. The maximum atomic E-state index is 3.91. The first-order valence-corrected chi connectivity index (χ1v) is 14.7. The largest absolute Gasteiger partial charge is 0.155 e. The first kappa shape index (κ1) is 22.0. The smallest absolute Gasteiger partial charge is 0.0962 e. The molecule has 0 saturated carbocycles. The van der Waals surface area contributed by atoms with Gasteiger partial charge in [-0.05, 0) is 61.1 Å². The van der Waals surface area contributed by atoms with Crippen LogP contribution in [-0.2, 0) is 0 Å². The molecule has 4 aliphatic rings. The normalized spacial score (nSPS) is 26.2. The van der Waals surface area contributed by atoms with Gasteiger partial charge in [0, 0.05) is 5.54 Å². The van der Waals surface area contributed by atoms with E-state index in [9.17, 15) is 0 Å². The summed E-state index contributed by atoms with van der Waals surface area (Å²) in [7, 11) is -2.24. The van der Waals surface area contributed by atoms with Crippen molar-refractivity contribution in [2.75, 3.05) is 0 Å². The number of hydrogen-bond donors (Lipinski definition) is 0. The zero-order chi connectivity index (χ0) is 22.5. The topological polar surface area (TPSA) is 0 Å². The van der Waals surface area contributed by atoms with Gasteiger partial charge in [-0.2, -0.15) is 0 Å². The average molecular weight is 447 g/mol. The second-order valence-corrected chi connectivity index (χ2v) is 13.9. The fraction of sp³-hybridized carbons (Fsp3) is 0.312. The molecule has 4 aliphatic carbocycles. The van der Waals surface area contributed by atoms with Crippen LogP contribution in [-0.4, -0.2) is 8.07 Å². The van der Waals surface area contributed by atoms with E-state index in [0.29, 0.717) is 17.4 Å². The third-order valence-corrected chi connectivity index (χ3v) is 13.4. The Morgan fingerprint density at radius 3 is 2.18 bits per heavy atom. The average Bonchev–Trinajstić information content (AvgIpc) is 2.88. The van der Waals surface area contributed by atoms with Crippen molar-refractivity contribution < 1.29 is 0 Å². The Hall–Kier alpha value is -2.82. The third-order valence-electron chi connectivity index (χ3n) is 7.67. The van der Waals surface area contributed by atoms with Crippen LogP contribution in [0, 0.1) is 23.7 Å². The van der Waals surface area contributed by atoms with Crippen molar-refractivity contribution in [3.63, 3.8) is 0 Å². The van der Waals surface area contributed by atoms with Crippen LogP contribution in [0.25, 0.3) is 0 Å². The van der Waals surface area contributed by atoms with Crippen LogP contribution in [0.3, 0.4) is 0 Å². The minimum atomic E-state index is -2.24. The molecule has 0 nitrogen and oxygen atoms in total. The number of benzene rings is 1. The quantitative estimate of drug-likeness (QED) is 0.314. The van der Waals surface area contributed by atoms with Gasteiger partial charge < -0.3 is 0 Å². The molecule has 0 amide bonds. The van der Waals surface area contributed by atoms with Crippen LogP contribution in [0.2, 0.25) is 5.54 Å². The van der Waals surface area contributed by atoms with Crippen LogP contribution in [0.1, 0.15) is 45.4 Å². The zero-order valence-corrected chi connectivity index (χ0v) is 20.7. The molecule has 3 atom stereocenters. The molecule has 0 fully saturated rings. The zero-order valence-electron chi connectivity index (χ0n) is 19.7. The van der Waals surface area contributed by atoms with Gasteiger partial charge in [0.15, 0.2) is 8.07 Å². The highest BCUT2D eigenvalue weighted by molar-refractivity contribution is 7.04. The lowest BCUT2D eigenvalue weighted by molar-refractivity contribution is 0.642. The van der Waals surface area contributed by atoms with Gasteiger partial charge >= 0.3 is 0 Å². The van der Waals surface area contributed by atoms with Gasteiger partial charge in [0.05, 0.1) is 0 Å². The maximum absolute atomic E-state index is 3.91. The summed E-state index contributed by atoms with van der Waals surface area (Å²) in [4.78, 5) is 0. The van der Waals surface area contributed by atoms with Crippen LogP contribution < -0.4 is 5.19 Å². The Morgan fingerprint density at radius 2 is 1.61 bits per heavy atom. The lowest BCUT2D eigenvalue weighted by Crippen LogP contribution is -2.57. The van der Waals surface area contributed by atoms with E-state index in [1.165, 1.54) is 23.6 Å². The van der Waals surface area contributed by atoms with Crippen LogP contribution in [0.15, 0.2) is 113 Å². The molecule has 33 heavy (non-hydrogen) atoms. The maximum Gasteiger partial charge on any atom is 0.155 e. The van der Waals surface area contributed by atoms with E-state index in [0.717, 1.165) is 25.7 Å². The summed E-state index contributed by atoms with van der Waals surface area (Å²) in [6, 6.07) is 11.4. The molecule has 0 heterocycles. The first-order valence-electron chi connectivity index (χ1n) is 12.6. The number of hydrogen-bond acceptors (Lipinski definition) is 0. The third kappa shape index (κ3) is 4.38. The summed E-state index contributed by atoms with van der Waals surface area (Å²) < 4.78 is 0. The van der Waals surface area contributed by atoms with Gasteiger partial charge in [-0.1, -0.05) is 126 Å². The molecule has 0 spiro atoms. The van der Waals surface area contributed by atoms with Gasteiger partial charge in [0.1, 0.15) is 0 Å². The van der Waals surface area contributed by atoms with E-state index in [1.807, 2.05) is 0 Å². The summed E-state index contributed by atoms with van der Waals surface area (Å²) in [6.45, 7) is 2.43. The summed E-state index contributed by atoms with van der Waals surface area (Å²) >= 11 is 0. The molecule has 0 aromatic heterocycles. The number of allylic oxidation sites excluding steroid dienone is 14. The molecule has 0 N–H and O–H groups in total. The van der Waals surface area contributed by atoms with E-state index in [1.54, 1.807) is 10.4 Å². The fourth-order valence-corrected chi connectivity index (χ4v) is 12.2. The van der Waals surface area contributed by atoms with E-state index >= 15 is 0 Å². The van der Waals surface area contributed by atoms with E-state index in [-0.39, 0.29) is 0 Å². The van der Waals surface area contributed by atoms with Crippen LogP contribution in [0.4, 0.5) is 0 Å². The summed E-state index contributed by atoms with van der Waals surface area (Å²) in [5.74, 6) is 8.66. The van der Waals surface area contributed by atoms with Crippen molar-refractivity contribution in [1.29, 1.82) is 0 Å². The highest BCUT2D eigenvalue weighted by atomic mass is 28.3. The van der Waals surface area contributed by atoms with Crippen molar-refractivity contribution >= 4 is 13.3 Å². The predicted octanol–water partition coefficient (Wildman–Crippen LogP) is 7.45. The van der Waals surface area contributed by atoms with E-state index in [2.05, 4.69) is 116 Å². The first-order chi connectivity index (χ1) is 16.3. The fourth-order valence-electron chi connectivity index (χ4n) is 6.16. The Balaban J connectivity index is 1.60. The monoisotopic (exact) mass is 446 g/mol. The Bertz CT molecular complexity index is 1110. The molecule has 0 bridgehead atoms. The highest BCUT2D eigenvalue weighted by Gasteiger charge is 2.50. The van der Waals surface area contributed by atoms with Gasteiger partial charge in [-0.25, -0.2) is 0 Å². The minimum Gasteiger partial charge on any atom is -0.0962 e. The molecule has 0 aliphatic heterocycles. The van der Waals surface area contributed by atoms with Crippen molar-refractivity contribution in [1.82, 2.24) is 0 Å². The summed E-state index contributed by atoms with van der Waals surface area (Å²) in [6.07, 6.45) is 32.5. The lowest BCUT2D eigenvalue weighted by Gasteiger charge is -2.45. The van der Waals surface area contributed by atoms with Gasteiger partial charge in [0.2, 0.25) is 0 Å². The van der Waals surface area contributed by atoms with Crippen molar-refractivity contribution in [3.05, 3.63) is 113 Å². The lowest BCUT2D eigenvalue weighted by atomic mass is 9.89. The second kappa shape index (κ2) is 9.98. The molecule has 166 valence electrons. The van der Waals surface area contributed by atoms with Crippen molar-refractivity contribution in [3.8, 4) is 11.8 Å². The Morgan fingerprint density at radius 1 is 0.879 bits per heavy atom. The number of rotatable bonds is 6. The van der Waals surface area contributed by atoms with Gasteiger partial charge in [0.25, 0.3) is 0 Å². The molecule has 5 rings (SSSR count). The highest BCUT2D eigenvalue weighted by Crippen LogP contribution is 2.46. The molecule has 0 radical (unpaired) electrons. The molecule has 1 aromatic rings. The van der Waals surface area contributed by atoms with Gasteiger partial charge in [-0.15, -0.1) is 0 Å². The molecule has 0 saturated heterocycles. The van der Waals surface area contributed by atoms with Crippen LogP contribution in [0.5, 0.6) is 0 Å². The Kier molecular flexibility index (Phi) is 6.65. The van der Waals surface area contributed by atoms with Crippen molar-refractivity contribution in [2.24, 2.45) is 11.8 Å². The standard InChI is InChI=1S/C32H34Si/c1-26-24-28(25-27-14-6-2-7-15-27)22-23-32(26)33(29-16-8-3-9-17-29,30-18-10-4-11-19-30)31-20-12-5-13-21-31/h2-10,12,14,16-18,20,24,26-27,32H,11,13,15,19,21,25H2,1H3. The van der Waals surface area contributed by atoms with Crippen molar-refractivity contribution in [2.45, 2.75) is 51.0 Å². The predicted molar refractivity (Wildman–Crippen MR) is 145 cm³/mol. The molecular weight excluding hydrogens is 412 g/mol. The molecule has 3 unspecified atom stereocenters. The second-order valence-electron chi connectivity index (χ2n) is 9.80. The van der Waals surface area contributed by atoms with Crippen LogP contribution >= 0.6 is 0 Å². The van der Waals surface area contributed by atoms with Gasteiger partial charge in [-0.3, -0.25) is 0 Å². The SMILES string of the molecule is CC1C=C(CC2C=CC=CC2)C#CC1[Si](C1=CC=CCC1)(C1=CC=CCC1)c1ccccc1. The van der Waals surface area contributed by atoms with E-state index in [4.69, 9.17) is 0 Å². The minimum absolute atomic E-state index is 0.376. The summed E-state index contributed by atoms with van der Waals surface area (Å²) in [5, 5.41) is 4.87. The molecular formula is C32H34Si.